The number of anilines is 1. The molecule has 0 aromatic heterocycles. The lowest BCUT2D eigenvalue weighted by molar-refractivity contribution is -0.132. The van der Waals surface area contributed by atoms with Crippen LogP contribution < -0.4 is 9.64 Å². The quantitative estimate of drug-likeness (QED) is 0.248. The van der Waals surface area contributed by atoms with Crippen LogP contribution in [-0.2, 0) is 9.59 Å². The highest BCUT2D eigenvalue weighted by molar-refractivity contribution is 6.52. The first-order chi connectivity index (χ1) is 16.2. The van der Waals surface area contributed by atoms with Crippen molar-refractivity contribution in [2.24, 2.45) is 0 Å². The Morgan fingerprint density at radius 3 is 2.35 bits per heavy atom. The fourth-order valence-corrected chi connectivity index (χ4v) is 4.26. The van der Waals surface area contributed by atoms with Crippen molar-refractivity contribution in [3.8, 4) is 5.75 Å². The second-order valence-electron chi connectivity index (χ2n) is 7.73. The van der Waals surface area contributed by atoms with Gasteiger partial charge in [-0.05, 0) is 73.5 Å². The Labute approximate surface area is 206 Å². The molecule has 174 valence electrons. The van der Waals surface area contributed by atoms with Gasteiger partial charge < -0.3 is 9.84 Å². The summed E-state index contributed by atoms with van der Waals surface area (Å²) in [5.74, 6) is -1.90. The van der Waals surface area contributed by atoms with E-state index >= 15 is 0 Å². The van der Waals surface area contributed by atoms with Gasteiger partial charge in [-0.15, -0.1) is 0 Å². The van der Waals surface area contributed by atoms with E-state index < -0.39 is 23.5 Å². The van der Waals surface area contributed by atoms with Crippen LogP contribution in [0.15, 0.2) is 66.2 Å². The summed E-state index contributed by atoms with van der Waals surface area (Å²) in [5, 5.41) is 11.7. The number of ketones is 1. The van der Waals surface area contributed by atoms with Crippen molar-refractivity contribution in [3.63, 3.8) is 0 Å². The SMILES string of the molecule is CCOc1ccc(/C(O)=C2\C(=O)C(=O)N(c3ccc(Cl)c(Cl)c3)C2c2ccc(F)cc2)cc1C. The first-order valence-corrected chi connectivity index (χ1v) is 11.2. The molecule has 0 saturated carbocycles. The zero-order valence-corrected chi connectivity index (χ0v) is 19.8. The third kappa shape index (κ3) is 4.27. The van der Waals surface area contributed by atoms with E-state index in [2.05, 4.69) is 0 Å². The summed E-state index contributed by atoms with van der Waals surface area (Å²) in [4.78, 5) is 27.6. The molecular formula is C26H20Cl2FNO4. The molecule has 0 radical (unpaired) electrons. The van der Waals surface area contributed by atoms with E-state index in [1.807, 2.05) is 13.8 Å². The monoisotopic (exact) mass is 499 g/mol. The maximum absolute atomic E-state index is 13.7. The van der Waals surface area contributed by atoms with Gasteiger partial charge in [0.1, 0.15) is 17.3 Å². The highest BCUT2D eigenvalue weighted by atomic mass is 35.5. The van der Waals surface area contributed by atoms with Gasteiger partial charge in [0.2, 0.25) is 0 Å². The molecule has 3 aromatic carbocycles. The van der Waals surface area contributed by atoms with E-state index in [1.165, 1.54) is 41.3 Å². The summed E-state index contributed by atoms with van der Waals surface area (Å²) in [6.07, 6.45) is 0. The minimum Gasteiger partial charge on any atom is -0.507 e. The molecule has 1 aliphatic heterocycles. The smallest absolute Gasteiger partial charge is 0.300 e. The van der Waals surface area contributed by atoms with E-state index in [9.17, 15) is 19.1 Å². The lowest BCUT2D eigenvalue weighted by Crippen LogP contribution is -2.29. The van der Waals surface area contributed by atoms with Gasteiger partial charge in [0.05, 0.1) is 28.3 Å². The Bertz CT molecular complexity index is 1320. The van der Waals surface area contributed by atoms with Crippen molar-refractivity contribution in [3.05, 3.63) is 98.8 Å². The highest BCUT2D eigenvalue weighted by Crippen LogP contribution is 2.43. The van der Waals surface area contributed by atoms with Crippen LogP contribution in [0.4, 0.5) is 10.1 Å². The van der Waals surface area contributed by atoms with Gasteiger partial charge in [-0.1, -0.05) is 35.3 Å². The number of aryl methyl sites for hydroxylation is 1. The van der Waals surface area contributed by atoms with Gasteiger partial charge in [-0.2, -0.15) is 0 Å². The zero-order chi connectivity index (χ0) is 24.6. The summed E-state index contributed by atoms with van der Waals surface area (Å²) in [6, 6.07) is 13.9. The van der Waals surface area contributed by atoms with Gasteiger partial charge in [-0.3, -0.25) is 14.5 Å². The zero-order valence-electron chi connectivity index (χ0n) is 18.3. The van der Waals surface area contributed by atoms with Crippen LogP contribution in [0.5, 0.6) is 5.75 Å². The highest BCUT2D eigenvalue weighted by Gasteiger charge is 2.47. The van der Waals surface area contributed by atoms with E-state index in [0.717, 1.165) is 5.56 Å². The average Bonchev–Trinajstić information content (AvgIpc) is 3.07. The van der Waals surface area contributed by atoms with Gasteiger partial charge in [-0.25, -0.2) is 4.39 Å². The van der Waals surface area contributed by atoms with Gasteiger partial charge in [0.25, 0.3) is 11.7 Å². The lowest BCUT2D eigenvalue weighted by atomic mass is 9.94. The normalized spacial score (nSPS) is 17.3. The van der Waals surface area contributed by atoms with Gasteiger partial charge >= 0.3 is 0 Å². The number of hydrogen-bond donors (Lipinski definition) is 1. The van der Waals surface area contributed by atoms with Crippen molar-refractivity contribution in [1.82, 2.24) is 0 Å². The molecule has 0 spiro atoms. The summed E-state index contributed by atoms with van der Waals surface area (Å²) >= 11 is 12.2. The maximum atomic E-state index is 13.7. The number of ether oxygens (including phenoxy) is 1. The van der Waals surface area contributed by atoms with E-state index in [-0.39, 0.29) is 21.4 Å². The molecular weight excluding hydrogens is 480 g/mol. The Kier molecular flexibility index (Phi) is 6.64. The third-order valence-corrected chi connectivity index (χ3v) is 6.30. The molecule has 0 bridgehead atoms. The number of amides is 1. The number of aliphatic hydroxyl groups is 1. The molecule has 4 rings (SSSR count). The molecule has 1 heterocycles. The number of benzene rings is 3. The summed E-state index contributed by atoms with van der Waals surface area (Å²) in [6.45, 7) is 4.15. The molecule has 5 nitrogen and oxygen atoms in total. The second kappa shape index (κ2) is 9.49. The third-order valence-electron chi connectivity index (χ3n) is 5.56. The van der Waals surface area contributed by atoms with Crippen molar-refractivity contribution >= 4 is 46.3 Å². The summed E-state index contributed by atoms with van der Waals surface area (Å²) in [5.41, 5.74) is 1.73. The maximum Gasteiger partial charge on any atom is 0.300 e. The molecule has 1 saturated heterocycles. The van der Waals surface area contributed by atoms with Crippen LogP contribution in [0.2, 0.25) is 10.0 Å². The molecule has 3 aromatic rings. The van der Waals surface area contributed by atoms with Crippen LogP contribution in [0.1, 0.15) is 29.7 Å². The van der Waals surface area contributed by atoms with Crippen LogP contribution in [-0.4, -0.2) is 23.4 Å². The van der Waals surface area contributed by atoms with Crippen molar-refractivity contribution < 1.29 is 23.8 Å². The molecule has 8 heteroatoms. The van der Waals surface area contributed by atoms with Crippen molar-refractivity contribution in [2.45, 2.75) is 19.9 Å². The largest absolute Gasteiger partial charge is 0.507 e. The Balaban J connectivity index is 1.92. The number of Topliss-reactive ketones (excluding diaryl/α,β-unsaturated/α-hetero) is 1. The topological polar surface area (TPSA) is 66.8 Å². The van der Waals surface area contributed by atoms with E-state index in [1.54, 1.807) is 24.3 Å². The Hall–Kier alpha value is -3.35. The second-order valence-corrected chi connectivity index (χ2v) is 8.55. The fourth-order valence-electron chi connectivity index (χ4n) is 3.96. The molecule has 34 heavy (non-hydrogen) atoms. The summed E-state index contributed by atoms with van der Waals surface area (Å²) in [7, 11) is 0. The molecule has 1 aliphatic rings. The number of halogens is 3. The number of nitrogens with zero attached hydrogens (tertiary/aromatic N) is 1. The first-order valence-electron chi connectivity index (χ1n) is 10.5. The van der Waals surface area contributed by atoms with Gasteiger partial charge in [0.15, 0.2) is 0 Å². The number of carbonyl (C=O) groups is 2. The minimum atomic E-state index is -1.01. The minimum absolute atomic E-state index is 0.119. The van der Waals surface area contributed by atoms with Crippen LogP contribution in [0.3, 0.4) is 0 Å². The predicted octanol–water partition coefficient (Wildman–Crippen LogP) is 6.47. The van der Waals surface area contributed by atoms with E-state index in [0.29, 0.717) is 29.2 Å². The average molecular weight is 500 g/mol. The number of rotatable bonds is 5. The Morgan fingerprint density at radius 2 is 1.74 bits per heavy atom. The number of carbonyl (C=O) groups excluding carboxylic acids is 2. The predicted molar refractivity (Wildman–Crippen MR) is 130 cm³/mol. The lowest BCUT2D eigenvalue weighted by Gasteiger charge is -2.25. The molecule has 0 aliphatic carbocycles. The molecule has 1 atom stereocenters. The Morgan fingerprint density at radius 1 is 1.03 bits per heavy atom. The van der Waals surface area contributed by atoms with Crippen molar-refractivity contribution in [2.75, 3.05) is 11.5 Å². The molecule has 1 fully saturated rings. The van der Waals surface area contributed by atoms with Crippen molar-refractivity contribution in [1.29, 1.82) is 0 Å². The number of hydrogen-bond acceptors (Lipinski definition) is 4. The van der Waals surface area contributed by atoms with Crippen LogP contribution >= 0.6 is 23.2 Å². The van der Waals surface area contributed by atoms with Gasteiger partial charge in [0, 0.05) is 11.3 Å². The standard InChI is InChI=1S/C26H20Cl2FNO4/c1-3-34-21-11-6-16(12-14(21)2)24(31)22-23(15-4-7-17(29)8-5-15)30(26(33)25(22)32)18-9-10-19(27)20(28)13-18/h4-13,23,31H,3H2,1-2H3/b24-22+. The summed E-state index contributed by atoms with van der Waals surface area (Å²) < 4.78 is 19.2. The number of aliphatic hydroxyl groups excluding tert-OH is 1. The fraction of sp³-hybridized carbons (Fsp3) is 0.154. The first kappa shape index (κ1) is 23.8. The van der Waals surface area contributed by atoms with Crippen LogP contribution in [0.25, 0.3) is 5.76 Å². The van der Waals surface area contributed by atoms with E-state index in [4.69, 9.17) is 27.9 Å². The molecule has 1 N–H and O–H groups in total. The molecule has 1 unspecified atom stereocenters. The van der Waals surface area contributed by atoms with Crippen LogP contribution in [0, 0.1) is 12.7 Å². The molecule has 1 amide bonds.